The molecular formula is C22H22N4O. The fourth-order valence-electron chi connectivity index (χ4n) is 3.54. The minimum absolute atomic E-state index is 0.686. The first kappa shape index (κ1) is 17.5. The van der Waals surface area contributed by atoms with E-state index in [-0.39, 0.29) is 0 Å². The first-order valence-corrected chi connectivity index (χ1v) is 9.19. The third-order valence-corrected chi connectivity index (χ3v) is 5.03. The Hall–Kier alpha value is -2.94. The molecule has 2 aromatic carbocycles. The van der Waals surface area contributed by atoms with Gasteiger partial charge in [-0.15, -0.1) is 0 Å². The highest BCUT2D eigenvalue weighted by Crippen LogP contribution is 2.24. The maximum Gasteiger partial charge on any atom is 0.0994 e. The number of aromatic amines is 1. The largest absolute Gasteiger partial charge is 0.379 e. The molecule has 4 rings (SSSR count). The Morgan fingerprint density at radius 3 is 2.89 bits per heavy atom. The van der Waals surface area contributed by atoms with Gasteiger partial charge < -0.3 is 4.74 Å². The van der Waals surface area contributed by atoms with Gasteiger partial charge in [-0.2, -0.15) is 10.4 Å². The molecule has 1 saturated heterocycles. The number of H-pyrrole nitrogens is 1. The second kappa shape index (κ2) is 7.75. The van der Waals surface area contributed by atoms with Gasteiger partial charge in [-0.1, -0.05) is 30.3 Å². The van der Waals surface area contributed by atoms with Crippen LogP contribution in [0.25, 0.3) is 23.1 Å². The number of nitrogens with zero attached hydrogens (tertiary/aromatic N) is 3. The van der Waals surface area contributed by atoms with Crippen LogP contribution in [0.4, 0.5) is 0 Å². The van der Waals surface area contributed by atoms with E-state index >= 15 is 0 Å². The Morgan fingerprint density at radius 2 is 2.07 bits per heavy atom. The summed E-state index contributed by atoms with van der Waals surface area (Å²) in [7, 11) is 0. The molecule has 0 saturated carbocycles. The van der Waals surface area contributed by atoms with Gasteiger partial charge in [0.15, 0.2) is 0 Å². The van der Waals surface area contributed by atoms with Crippen LogP contribution in [-0.4, -0.2) is 41.4 Å². The number of nitrogens with one attached hydrogen (secondary N) is 1. The van der Waals surface area contributed by atoms with Crippen molar-refractivity contribution >= 4 is 23.1 Å². The fraction of sp³-hybridized carbons (Fsp3) is 0.273. The maximum atomic E-state index is 9.27. The number of aromatic nitrogens is 2. The van der Waals surface area contributed by atoms with E-state index < -0.39 is 0 Å². The van der Waals surface area contributed by atoms with Gasteiger partial charge in [0.25, 0.3) is 0 Å². The molecule has 1 aliphatic heterocycles. The summed E-state index contributed by atoms with van der Waals surface area (Å²) in [5.41, 5.74) is 5.90. The van der Waals surface area contributed by atoms with Crippen molar-refractivity contribution < 1.29 is 4.74 Å². The Labute approximate surface area is 158 Å². The van der Waals surface area contributed by atoms with Gasteiger partial charge in [0.05, 0.1) is 36.1 Å². The molecule has 0 unspecified atom stereocenters. The number of nitriles is 1. The predicted molar refractivity (Wildman–Crippen MR) is 107 cm³/mol. The van der Waals surface area contributed by atoms with Crippen LogP contribution in [0.3, 0.4) is 0 Å². The number of morpholine rings is 1. The number of ether oxygens (including phenoxy) is 1. The maximum absolute atomic E-state index is 9.27. The van der Waals surface area contributed by atoms with E-state index in [1.807, 2.05) is 25.1 Å². The normalized spacial score (nSPS) is 15.4. The van der Waals surface area contributed by atoms with Crippen molar-refractivity contribution in [1.29, 1.82) is 5.26 Å². The standard InChI is InChI=1S/C22H22N4O/c1-16-19(14-23)6-8-21-22(16)20(24-25-21)7-5-17-3-2-4-18(13-17)15-26-9-11-27-12-10-26/h2-8,13H,9-12,15H2,1H3,(H,24,25). The third kappa shape index (κ3) is 3.77. The molecule has 27 heavy (non-hydrogen) atoms. The van der Waals surface area contributed by atoms with Crippen LogP contribution >= 0.6 is 0 Å². The Morgan fingerprint density at radius 1 is 1.22 bits per heavy atom. The minimum Gasteiger partial charge on any atom is -0.379 e. The average molecular weight is 358 g/mol. The molecule has 3 aromatic rings. The monoisotopic (exact) mass is 358 g/mol. The van der Waals surface area contributed by atoms with E-state index in [2.05, 4.69) is 51.5 Å². The summed E-state index contributed by atoms with van der Waals surface area (Å²) in [6.07, 6.45) is 4.09. The van der Waals surface area contributed by atoms with Crippen LogP contribution in [0.1, 0.15) is 27.9 Å². The highest BCUT2D eigenvalue weighted by molar-refractivity contribution is 5.93. The number of aryl methyl sites for hydroxylation is 1. The van der Waals surface area contributed by atoms with Crippen molar-refractivity contribution in [2.75, 3.05) is 26.3 Å². The van der Waals surface area contributed by atoms with Gasteiger partial charge >= 0.3 is 0 Å². The molecule has 0 amide bonds. The van der Waals surface area contributed by atoms with Gasteiger partial charge in [0, 0.05) is 25.0 Å². The Kier molecular flexibility index (Phi) is 5.01. The van der Waals surface area contributed by atoms with E-state index in [4.69, 9.17) is 4.74 Å². The number of rotatable bonds is 4. The predicted octanol–water partition coefficient (Wildman–Crippen LogP) is 3.75. The first-order valence-electron chi connectivity index (χ1n) is 9.19. The molecular weight excluding hydrogens is 336 g/mol. The van der Waals surface area contributed by atoms with Crippen molar-refractivity contribution in [2.45, 2.75) is 13.5 Å². The van der Waals surface area contributed by atoms with Gasteiger partial charge in [-0.25, -0.2) is 0 Å². The highest BCUT2D eigenvalue weighted by atomic mass is 16.5. The summed E-state index contributed by atoms with van der Waals surface area (Å²) in [6, 6.07) is 14.6. The molecule has 0 radical (unpaired) electrons. The summed E-state index contributed by atoms with van der Waals surface area (Å²) in [5.74, 6) is 0. The van der Waals surface area contributed by atoms with Crippen LogP contribution < -0.4 is 0 Å². The van der Waals surface area contributed by atoms with E-state index in [0.29, 0.717) is 5.56 Å². The zero-order valence-corrected chi connectivity index (χ0v) is 15.4. The lowest BCUT2D eigenvalue weighted by Crippen LogP contribution is -2.35. The van der Waals surface area contributed by atoms with Crippen molar-refractivity contribution in [2.24, 2.45) is 0 Å². The van der Waals surface area contributed by atoms with Crippen molar-refractivity contribution in [1.82, 2.24) is 15.1 Å². The lowest BCUT2D eigenvalue weighted by Gasteiger charge is -2.26. The molecule has 5 heteroatoms. The van der Waals surface area contributed by atoms with E-state index in [9.17, 15) is 5.26 Å². The van der Waals surface area contributed by atoms with Crippen LogP contribution in [0.15, 0.2) is 36.4 Å². The zero-order chi connectivity index (χ0) is 18.6. The van der Waals surface area contributed by atoms with Crippen molar-refractivity contribution in [3.63, 3.8) is 0 Å². The van der Waals surface area contributed by atoms with Crippen LogP contribution in [0, 0.1) is 18.3 Å². The molecule has 0 aliphatic carbocycles. The second-order valence-electron chi connectivity index (χ2n) is 6.85. The number of fused-ring (bicyclic) bond motifs is 1. The smallest absolute Gasteiger partial charge is 0.0994 e. The summed E-state index contributed by atoms with van der Waals surface area (Å²) in [6.45, 7) is 6.52. The number of benzene rings is 2. The lowest BCUT2D eigenvalue weighted by atomic mass is 10.0. The van der Waals surface area contributed by atoms with Crippen LogP contribution in [0.5, 0.6) is 0 Å². The van der Waals surface area contributed by atoms with Gasteiger partial charge in [-0.05, 0) is 41.8 Å². The summed E-state index contributed by atoms with van der Waals surface area (Å²) < 4.78 is 5.42. The molecule has 2 heterocycles. The van der Waals surface area contributed by atoms with Crippen molar-refractivity contribution in [3.05, 3.63) is 64.3 Å². The lowest BCUT2D eigenvalue weighted by molar-refractivity contribution is 0.0342. The molecule has 0 spiro atoms. The van der Waals surface area contributed by atoms with Gasteiger partial charge in [0.1, 0.15) is 0 Å². The molecule has 136 valence electrons. The van der Waals surface area contributed by atoms with Gasteiger partial charge in [0.2, 0.25) is 0 Å². The minimum atomic E-state index is 0.686. The molecule has 0 bridgehead atoms. The van der Waals surface area contributed by atoms with Gasteiger partial charge in [-0.3, -0.25) is 10.00 Å². The summed E-state index contributed by atoms with van der Waals surface area (Å²) in [5, 5.41) is 17.8. The fourth-order valence-corrected chi connectivity index (χ4v) is 3.54. The van der Waals surface area contributed by atoms with E-state index in [0.717, 1.165) is 60.6 Å². The molecule has 1 N–H and O–H groups in total. The topological polar surface area (TPSA) is 64.9 Å². The summed E-state index contributed by atoms with van der Waals surface area (Å²) >= 11 is 0. The van der Waals surface area contributed by atoms with Crippen LogP contribution in [0.2, 0.25) is 0 Å². The summed E-state index contributed by atoms with van der Waals surface area (Å²) in [4.78, 5) is 2.42. The van der Waals surface area contributed by atoms with E-state index in [1.165, 1.54) is 5.56 Å². The van der Waals surface area contributed by atoms with E-state index in [1.54, 1.807) is 0 Å². The SMILES string of the molecule is Cc1c(C#N)ccc2[nH]nc(C=Cc3cccc(CN4CCOCC4)c3)c12. The first-order chi connectivity index (χ1) is 13.2. The average Bonchev–Trinajstić information content (AvgIpc) is 3.12. The highest BCUT2D eigenvalue weighted by Gasteiger charge is 2.11. The number of hydrogen-bond acceptors (Lipinski definition) is 4. The molecule has 0 atom stereocenters. The van der Waals surface area contributed by atoms with Crippen LogP contribution in [-0.2, 0) is 11.3 Å². The Bertz CT molecular complexity index is 1020. The molecule has 1 aromatic heterocycles. The zero-order valence-electron chi connectivity index (χ0n) is 15.4. The second-order valence-corrected chi connectivity index (χ2v) is 6.85. The quantitative estimate of drug-likeness (QED) is 0.771. The van der Waals surface area contributed by atoms with Crippen molar-refractivity contribution in [3.8, 4) is 6.07 Å². The molecule has 1 fully saturated rings. The number of hydrogen-bond donors (Lipinski definition) is 1. The Balaban J connectivity index is 1.57. The third-order valence-electron chi connectivity index (χ3n) is 5.03. The molecule has 1 aliphatic rings. The molecule has 5 nitrogen and oxygen atoms in total.